The molecule has 0 bridgehead atoms. The van der Waals surface area contributed by atoms with E-state index in [1.807, 2.05) is 36.1 Å². The zero-order chi connectivity index (χ0) is 19.2. The normalized spacial score (nSPS) is 15.4. The second-order valence-electron chi connectivity index (χ2n) is 6.48. The summed E-state index contributed by atoms with van der Waals surface area (Å²) >= 11 is 0. The number of benzene rings is 2. The van der Waals surface area contributed by atoms with Crippen molar-refractivity contribution in [3.63, 3.8) is 0 Å². The van der Waals surface area contributed by atoms with Crippen molar-refractivity contribution < 1.29 is 18.7 Å². The van der Waals surface area contributed by atoms with Crippen molar-refractivity contribution >= 4 is 11.6 Å². The monoisotopic (exact) mass is 372 g/mol. The van der Waals surface area contributed by atoms with E-state index in [4.69, 9.17) is 9.47 Å². The van der Waals surface area contributed by atoms with Gasteiger partial charge in [0.25, 0.3) is 5.91 Å². The van der Waals surface area contributed by atoms with E-state index in [-0.39, 0.29) is 11.7 Å². The number of halogens is 1. The molecule has 2 aromatic rings. The Balaban J connectivity index is 1.56. The van der Waals surface area contributed by atoms with Gasteiger partial charge in [-0.2, -0.15) is 0 Å². The van der Waals surface area contributed by atoms with Crippen LogP contribution in [0.5, 0.6) is 11.5 Å². The molecular formula is C21H25FN2O3. The third-order valence-electron chi connectivity index (χ3n) is 4.77. The molecule has 1 aliphatic rings. The second-order valence-corrected chi connectivity index (χ2v) is 6.48. The number of amides is 1. The van der Waals surface area contributed by atoms with Crippen molar-refractivity contribution in [3.8, 4) is 11.5 Å². The second kappa shape index (κ2) is 8.75. The first-order valence-corrected chi connectivity index (χ1v) is 9.20. The molecule has 1 heterocycles. The Bertz CT molecular complexity index is 741. The Labute approximate surface area is 159 Å². The van der Waals surface area contributed by atoms with E-state index in [0.29, 0.717) is 25.3 Å². The topological polar surface area (TPSA) is 42.0 Å². The van der Waals surface area contributed by atoms with Crippen LogP contribution in [0.2, 0.25) is 0 Å². The largest absolute Gasteiger partial charge is 0.497 e. The van der Waals surface area contributed by atoms with Crippen LogP contribution < -0.4 is 14.4 Å². The molecule has 1 fully saturated rings. The first-order chi connectivity index (χ1) is 13.1. The summed E-state index contributed by atoms with van der Waals surface area (Å²) in [6.45, 7) is 4.75. The number of rotatable bonds is 6. The molecule has 0 radical (unpaired) electrons. The number of piperazine rings is 1. The third kappa shape index (κ3) is 4.70. The fourth-order valence-corrected chi connectivity index (χ4v) is 3.17. The van der Waals surface area contributed by atoms with Gasteiger partial charge in [-0.25, -0.2) is 4.39 Å². The van der Waals surface area contributed by atoms with Crippen LogP contribution in [0.3, 0.4) is 0 Å². The maximum absolute atomic E-state index is 13.0. The quantitative estimate of drug-likeness (QED) is 0.780. The van der Waals surface area contributed by atoms with Crippen LogP contribution in [0.4, 0.5) is 10.1 Å². The Morgan fingerprint density at radius 3 is 2.15 bits per heavy atom. The molecular weight excluding hydrogens is 347 g/mol. The minimum Gasteiger partial charge on any atom is -0.497 e. The van der Waals surface area contributed by atoms with E-state index in [9.17, 15) is 9.18 Å². The summed E-state index contributed by atoms with van der Waals surface area (Å²) < 4.78 is 24.0. The van der Waals surface area contributed by atoms with E-state index in [0.717, 1.165) is 24.5 Å². The molecule has 0 aliphatic carbocycles. The summed E-state index contributed by atoms with van der Waals surface area (Å²) in [7, 11) is 1.65. The van der Waals surface area contributed by atoms with Crippen molar-refractivity contribution in [1.29, 1.82) is 0 Å². The van der Waals surface area contributed by atoms with Crippen molar-refractivity contribution in [2.45, 2.75) is 19.4 Å². The van der Waals surface area contributed by atoms with Crippen LogP contribution in [-0.2, 0) is 4.79 Å². The smallest absolute Gasteiger partial charge is 0.263 e. The van der Waals surface area contributed by atoms with Gasteiger partial charge in [0.15, 0.2) is 6.10 Å². The number of carbonyl (C=O) groups is 1. The highest BCUT2D eigenvalue weighted by atomic mass is 19.1. The summed E-state index contributed by atoms with van der Waals surface area (Å²) in [6, 6.07) is 13.7. The summed E-state index contributed by atoms with van der Waals surface area (Å²) in [4.78, 5) is 16.9. The Morgan fingerprint density at radius 2 is 1.59 bits per heavy atom. The van der Waals surface area contributed by atoms with Gasteiger partial charge in [0, 0.05) is 31.9 Å². The molecule has 6 heteroatoms. The molecule has 0 spiro atoms. The van der Waals surface area contributed by atoms with Gasteiger partial charge in [-0.05, 0) is 55.0 Å². The highest BCUT2D eigenvalue weighted by molar-refractivity contribution is 5.81. The lowest BCUT2D eigenvalue weighted by molar-refractivity contribution is -0.139. The van der Waals surface area contributed by atoms with Crippen molar-refractivity contribution in [2.75, 3.05) is 38.2 Å². The van der Waals surface area contributed by atoms with E-state index >= 15 is 0 Å². The van der Waals surface area contributed by atoms with Crippen LogP contribution >= 0.6 is 0 Å². The Morgan fingerprint density at radius 1 is 1.00 bits per heavy atom. The predicted octanol–water partition coefficient (Wildman–Crippen LogP) is 3.34. The Kier molecular flexibility index (Phi) is 6.16. The molecule has 0 aromatic heterocycles. The number of hydrogen-bond donors (Lipinski definition) is 0. The minimum absolute atomic E-state index is 0.0174. The van der Waals surface area contributed by atoms with Gasteiger partial charge in [0.2, 0.25) is 0 Å². The third-order valence-corrected chi connectivity index (χ3v) is 4.77. The van der Waals surface area contributed by atoms with E-state index in [1.165, 1.54) is 12.1 Å². The van der Waals surface area contributed by atoms with Gasteiger partial charge in [0.05, 0.1) is 7.11 Å². The van der Waals surface area contributed by atoms with Crippen LogP contribution in [0.25, 0.3) is 0 Å². The predicted molar refractivity (Wildman–Crippen MR) is 103 cm³/mol. The lowest BCUT2D eigenvalue weighted by atomic mass is 10.2. The molecule has 3 rings (SSSR count). The van der Waals surface area contributed by atoms with E-state index in [2.05, 4.69) is 4.90 Å². The maximum atomic E-state index is 13.0. The molecule has 0 saturated carbocycles. The highest BCUT2D eigenvalue weighted by Gasteiger charge is 2.28. The molecule has 27 heavy (non-hydrogen) atoms. The van der Waals surface area contributed by atoms with Crippen LogP contribution in [0.1, 0.15) is 13.3 Å². The zero-order valence-electron chi connectivity index (χ0n) is 15.7. The molecule has 1 atom stereocenters. The maximum Gasteiger partial charge on any atom is 0.263 e. The molecule has 0 N–H and O–H groups in total. The molecule has 144 valence electrons. The first-order valence-electron chi connectivity index (χ1n) is 9.20. The number of carbonyl (C=O) groups excluding carboxylic acids is 1. The number of anilines is 1. The number of ether oxygens (including phenoxy) is 2. The van der Waals surface area contributed by atoms with Gasteiger partial charge in [-0.1, -0.05) is 6.92 Å². The molecule has 1 saturated heterocycles. The molecule has 5 nitrogen and oxygen atoms in total. The highest BCUT2D eigenvalue weighted by Crippen LogP contribution is 2.21. The van der Waals surface area contributed by atoms with Gasteiger partial charge in [-0.3, -0.25) is 4.79 Å². The van der Waals surface area contributed by atoms with Gasteiger partial charge < -0.3 is 19.3 Å². The lowest BCUT2D eigenvalue weighted by Gasteiger charge is -2.37. The van der Waals surface area contributed by atoms with Crippen LogP contribution in [-0.4, -0.2) is 50.2 Å². The van der Waals surface area contributed by atoms with Crippen LogP contribution in [0, 0.1) is 5.82 Å². The summed E-state index contributed by atoms with van der Waals surface area (Å²) in [5.41, 5.74) is 1.12. The average Bonchev–Trinajstić information content (AvgIpc) is 2.73. The standard InChI is InChI=1S/C21H25FN2O3/c1-3-20(27-19-8-4-16(22)5-9-19)21(25)24-14-12-23(13-15-24)17-6-10-18(26-2)11-7-17/h4-11,20H,3,12-15H2,1-2H3/t20-/m1/s1. The van der Waals surface area contributed by atoms with Gasteiger partial charge >= 0.3 is 0 Å². The summed E-state index contributed by atoms with van der Waals surface area (Å²) in [5.74, 6) is 0.998. The number of methoxy groups -OCH3 is 1. The van der Waals surface area contributed by atoms with Gasteiger partial charge in [0.1, 0.15) is 17.3 Å². The molecule has 0 unspecified atom stereocenters. The SMILES string of the molecule is CC[C@@H](Oc1ccc(F)cc1)C(=O)N1CCN(c2ccc(OC)cc2)CC1. The van der Waals surface area contributed by atoms with Crippen molar-refractivity contribution in [1.82, 2.24) is 4.90 Å². The minimum atomic E-state index is -0.553. The van der Waals surface area contributed by atoms with Crippen molar-refractivity contribution in [3.05, 3.63) is 54.3 Å². The van der Waals surface area contributed by atoms with E-state index in [1.54, 1.807) is 19.2 Å². The number of hydrogen-bond acceptors (Lipinski definition) is 4. The van der Waals surface area contributed by atoms with Crippen molar-refractivity contribution in [2.24, 2.45) is 0 Å². The molecule has 1 amide bonds. The fourth-order valence-electron chi connectivity index (χ4n) is 3.17. The summed E-state index contributed by atoms with van der Waals surface area (Å²) in [6.07, 6.45) is 0.0116. The number of nitrogens with zero attached hydrogens (tertiary/aromatic N) is 2. The average molecular weight is 372 g/mol. The summed E-state index contributed by atoms with van der Waals surface area (Å²) in [5, 5.41) is 0. The molecule has 1 aliphatic heterocycles. The van der Waals surface area contributed by atoms with Gasteiger partial charge in [-0.15, -0.1) is 0 Å². The first kappa shape index (κ1) is 19.0. The van der Waals surface area contributed by atoms with E-state index < -0.39 is 6.10 Å². The molecule has 2 aromatic carbocycles. The lowest BCUT2D eigenvalue weighted by Crippen LogP contribution is -2.52. The van der Waals surface area contributed by atoms with Crippen LogP contribution in [0.15, 0.2) is 48.5 Å². The zero-order valence-corrected chi connectivity index (χ0v) is 15.7. The Hall–Kier alpha value is -2.76. The fraction of sp³-hybridized carbons (Fsp3) is 0.381.